The zero-order valence-electron chi connectivity index (χ0n) is 19.6. The molecule has 35 heavy (non-hydrogen) atoms. The van der Waals surface area contributed by atoms with Gasteiger partial charge >= 0.3 is 0 Å². The van der Waals surface area contributed by atoms with E-state index in [0.29, 0.717) is 47.3 Å². The van der Waals surface area contributed by atoms with Crippen LogP contribution in [0.25, 0.3) is 22.4 Å². The lowest BCUT2D eigenvalue weighted by Crippen LogP contribution is -2.04. The van der Waals surface area contributed by atoms with Gasteiger partial charge in [-0.1, -0.05) is 78.3 Å². The smallest absolute Gasteiger partial charge is 0.165 e. The Bertz CT molecular complexity index is 1430. The van der Waals surface area contributed by atoms with Crippen molar-refractivity contribution in [2.45, 2.75) is 20.0 Å². The molecule has 0 spiro atoms. The molecule has 4 aromatic rings. The second-order valence-electron chi connectivity index (χ2n) is 8.01. The lowest BCUT2D eigenvalue weighted by Gasteiger charge is -2.18. The number of hydrogen-bond acceptors (Lipinski definition) is 3. The van der Waals surface area contributed by atoms with E-state index in [9.17, 15) is 5.26 Å². The normalized spacial score (nSPS) is 11.2. The van der Waals surface area contributed by atoms with Crippen molar-refractivity contribution in [1.29, 1.82) is 5.26 Å². The molecule has 3 nitrogen and oxygen atoms in total. The van der Waals surface area contributed by atoms with E-state index < -0.39 is 0 Å². The van der Waals surface area contributed by atoms with E-state index in [0.717, 1.165) is 22.1 Å². The Morgan fingerprint density at radius 1 is 0.971 bits per heavy atom. The number of halogens is 1. The summed E-state index contributed by atoms with van der Waals surface area (Å²) < 4.78 is 12.4. The molecule has 0 atom stereocenters. The summed E-state index contributed by atoms with van der Waals surface area (Å²) in [6.07, 6.45) is 4.26. The fraction of sp³-hybridized carbons (Fsp3) is 0.129. The Kier molecular flexibility index (Phi) is 7.88. The Labute approximate surface area is 211 Å². The van der Waals surface area contributed by atoms with E-state index in [1.54, 1.807) is 6.07 Å². The number of fused-ring (bicyclic) bond motifs is 1. The summed E-state index contributed by atoms with van der Waals surface area (Å²) in [7, 11) is 0. The van der Waals surface area contributed by atoms with Crippen molar-refractivity contribution in [3.8, 4) is 17.6 Å². The molecule has 4 rings (SSSR count). The first-order chi connectivity index (χ1) is 17.1. The van der Waals surface area contributed by atoms with Crippen LogP contribution >= 0.6 is 11.6 Å². The molecule has 0 fully saturated rings. The van der Waals surface area contributed by atoms with E-state index in [1.165, 1.54) is 5.39 Å². The molecule has 4 heteroatoms. The number of allylic oxidation sites excluding steroid dienone is 2. The standard InChI is InChI=1S/C31H26ClNO2/c1-3-10-24-17-22(18-26(20-33)28-15-7-8-16-29(28)32)19-30(34-4-2)31(24)35-21-25-13-9-12-23-11-5-6-14-27(23)25/h3,5-9,11-19H,1,4,10,21H2,2H3. The molecule has 0 bridgehead atoms. The van der Waals surface area contributed by atoms with Gasteiger partial charge in [0.2, 0.25) is 0 Å². The topological polar surface area (TPSA) is 42.2 Å². The predicted molar refractivity (Wildman–Crippen MR) is 145 cm³/mol. The first-order valence-electron chi connectivity index (χ1n) is 11.5. The van der Waals surface area contributed by atoms with Gasteiger partial charge in [-0.3, -0.25) is 0 Å². The van der Waals surface area contributed by atoms with E-state index in [-0.39, 0.29) is 0 Å². The minimum Gasteiger partial charge on any atom is -0.490 e. The molecular formula is C31H26ClNO2. The number of ether oxygens (including phenoxy) is 2. The summed E-state index contributed by atoms with van der Waals surface area (Å²) in [5.41, 5.74) is 4.04. The number of nitriles is 1. The molecule has 0 radical (unpaired) electrons. The van der Waals surface area contributed by atoms with Crippen LogP contribution in [0.1, 0.15) is 29.2 Å². The minimum absolute atomic E-state index is 0.407. The molecule has 0 aromatic heterocycles. The molecule has 0 saturated heterocycles. The first kappa shape index (κ1) is 24.1. The highest BCUT2D eigenvalue weighted by Crippen LogP contribution is 2.36. The maximum atomic E-state index is 9.81. The zero-order valence-corrected chi connectivity index (χ0v) is 20.4. The molecule has 0 aliphatic heterocycles. The zero-order chi connectivity index (χ0) is 24.6. The van der Waals surface area contributed by atoms with Crippen molar-refractivity contribution < 1.29 is 9.47 Å². The number of nitrogens with zero attached hydrogens (tertiary/aromatic N) is 1. The predicted octanol–water partition coefficient (Wildman–Crippen LogP) is 8.26. The molecule has 0 amide bonds. The van der Waals surface area contributed by atoms with E-state index >= 15 is 0 Å². The fourth-order valence-electron chi connectivity index (χ4n) is 4.09. The van der Waals surface area contributed by atoms with Gasteiger partial charge in [0.25, 0.3) is 0 Å². The monoisotopic (exact) mass is 479 g/mol. The third-order valence-electron chi connectivity index (χ3n) is 5.67. The summed E-state index contributed by atoms with van der Waals surface area (Å²) in [6.45, 7) is 6.75. The van der Waals surface area contributed by atoms with Gasteiger partial charge < -0.3 is 9.47 Å². The van der Waals surface area contributed by atoms with E-state index in [2.05, 4.69) is 36.9 Å². The highest BCUT2D eigenvalue weighted by Gasteiger charge is 2.15. The van der Waals surface area contributed by atoms with Crippen molar-refractivity contribution >= 4 is 34.0 Å². The Morgan fingerprint density at radius 3 is 2.51 bits per heavy atom. The van der Waals surface area contributed by atoms with Gasteiger partial charge in [-0.05, 0) is 59.5 Å². The fourth-order valence-corrected chi connectivity index (χ4v) is 4.32. The molecule has 0 heterocycles. The molecule has 0 aliphatic rings. The highest BCUT2D eigenvalue weighted by molar-refractivity contribution is 6.32. The van der Waals surface area contributed by atoms with Gasteiger partial charge in [-0.2, -0.15) is 5.26 Å². The average Bonchev–Trinajstić information content (AvgIpc) is 2.88. The second-order valence-corrected chi connectivity index (χ2v) is 8.42. The van der Waals surface area contributed by atoms with Gasteiger partial charge in [-0.15, -0.1) is 6.58 Å². The maximum absolute atomic E-state index is 9.81. The van der Waals surface area contributed by atoms with Crippen LogP contribution in [0.3, 0.4) is 0 Å². The summed E-state index contributed by atoms with van der Waals surface area (Å²) in [5.74, 6) is 1.32. The highest BCUT2D eigenvalue weighted by atomic mass is 35.5. The molecule has 0 aliphatic carbocycles. The quantitative estimate of drug-likeness (QED) is 0.138. The summed E-state index contributed by atoms with van der Waals surface area (Å²) >= 11 is 6.34. The number of rotatable bonds is 9. The Hall–Kier alpha value is -4.00. The van der Waals surface area contributed by atoms with E-state index in [1.807, 2.05) is 67.6 Å². The van der Waals surface area contributed by atoms with Crippen molar-refractivity contribution in [3.63, 3.8) is 0 Å². The largest absolute Gasteiger partial charge is 0.490 e. The van der Waals surface area contributed by atoms with Crippen LogP contribution in [0.2, 0.25) is 5.02 Å². The molecule has 0 N–H and O–H groups in total. The van der Waals surface area contributed by atoms with Crippen LogP contribution in [0.4, 0.5) is 0 Å². The van der Waals surface area contributed by atoms with Crippen LogP contribution in [0.5, 0.6) is 11.5 Å². The van der Waals surface area contributed by atoms with Gasteiger partial charge in [-0.25, -0.2) is 0 Å². The summed E-state index contributed by atoms with van der Waals surface area (Å²) in [6, 6.07) is 28.0. The third-order valence-corrected chi connectivity index (χ3v) is 6.00. The maximum Gasteiger partial charge on any atom is 0.165 e. The third kappa shape index (κ3) is 5.57. The van der Waals surface area contributed by atoms with Crippen molar-refractivity contribution in [3.05, 3.63) is 119 Å². The van der Waals surface area contributed by atoms with Crippen LogP contribution in [-0.4, -0.2) is 6.61 Å². The van der Waals surface area contributed by atoms with Crippen LogP contribution in [0.15, 0.2) is 91.5 Å². The SMILES string of the molecule is C=CCc1cc(C=C(C#N)c2ccccc2Cl)cc(OCC)c1OCc1cccc2ccccc12. The number of benzene rings is 4. The lowest BCUT2D eigenvalue weighted by molar-refractivity contribution is 0.268. The lowest BCUT2D eigenvalue weighted by atomic mass is 10.0. The Balaban J connectivity index is 1.74. The molecule has 174 valence electrons. The summed E-state index contributed by atoms with van der Waals surface area (Å²) in [4.78, 5) is 0. The average molecular weight is 480 g/mol. The molecular weight excluding hydrogens is 454 g/mol. The number of hydrogen-bond donors (Lipinski definition) is 0. The van der Waals surface area contributed by atoms with Crippen molar-refractivity contribution in [1.82, 2.24) is 0 Å². The molecule has 4 aromatic carbocycles. The van der Waals surface area contributed by atoms with E-state index in [4.69, 9.17) is 21.1 Å². The van der Waals surface area contributed by atoms with Gasteiger partial charge in [0.05, 0.1) is 18.2 Å². The van der Waals surface area contributed by atoms with Crippen molar-refractivity contribution in [2.75, 3.05) is 6.61 Å². The van der Waals surface area contributed by atoms with Crippen LogP contribution in [0, 0.1) is 11.3 Å². The molecule has 0 unspecified atom stereocenters. The van der Waals surface area contributed by atoms with Crippen LogP contribution in [-0.2, 0) is 13.0 Å². The van der Waals surface area contributed by atoms with Crippen LogP contribution < -0.4 is 9.47 Å². The summed E-state index contributed by atoms with van der Waals surface area (Å²) in [5, 5.41) is 12.7. The van der Waals surface area contributed by atoms with Gasteiger partial charge in [0.15, 0.2) is 11.5 Å². The van der Waals surface area contributed by atoms with Gasteiger partial charge in [0, 0.05) is 16.1 Å². The molecule has 0 saturated carbocycles. The Morgan fingerprint density at radius 2 is 1.74 bits per heavy atom. The van der Waals surface area contributed by atoms with Gasteiger partial charge in [0.1, 0.15) is 6.61 Å². The van der Waals surface area contributed by atoms with Crippen molar-refractivity contribution in [2.24, 2.45) is 0 Å². The first-order valence-corrected chi connectivity index (χ1v) is 11.9. The second kappa shape index (κ2) is 11.4. The minimum atomic E-state index is 0.407.